The van der Waals surface area contributed by atoms with E-state index in [0.717, 1.165) is 18.5 Å². The summed E-state index contributed by atoms with van der Waals surface area (Å²) in [7, 11) is 2.77. The van der Waals surface area contributed by atoms with E-state index in [9.17, 15) is 23.3 Å². The summed E-state index contributed by atoms with van der Waals surface area (Å²) in [5.74, 6) is -0.201. The Labute approximate surface area is 184 Å². The Balaban J connectivity index is 2.06. The maximum Gasteiger partial charge on any atom is 0.418 e. The Morgan fingerprint density at radius 2 is 1.59 bits per heavy atom. The molecule has 3 aromatic rings. The predicted molar refractivity (Wildman–Crippen MR) is 111 cm³/mol. The van der Waals surface area contributed by atoms with Gasteiger partial charge in [0.25, 0.3) is 0 Å². The summed E-state index contributed by atoms with van der Waals surface area (Å²) in [4.78, 5) is 18.6. The third-order valence-electron chi connectivity index (χ3n) is 4.22. The lowest BCUT2D eigenvalue weighted by Crippen LogP contribution is -2.11. The van der Waals surface area contributed by atoms with Crippen LogP contribution in [0.15, 0.2) is 42.7 Å². The number of anilines is 4. The molecule has 2 N–H and O–H groups in total. The topological polar surface area (TPSA) is 111 Å². The molecular formula is C19H15ClF3N5O4. The van der Waals surface area contributed by atoms with Crippen molar-refractivity contribution in [1.29, 1.82) is 0 Å². The number of halogens is 4. The number of nitrogens with zero attached hydrogens (tertiary/aromatic N) is 3. The molecule has 1 aromatic heterocycles. The first kappa shape index (κ1) is 22.9. The molecule has 0 bridgehead atoms. The van der Waals surface area contributed by atoms with E-state index in [-0.39, 0.29) is 22.3 Å². The van der Waals surface area contributed by atoms with Crippen LogP contribution in [0.3, 0.4) is 0 Å². The van der Waals surface area contributed by atoms with Gasteiger partial charge >= 0.3 is 11.9 Å². The molecule has 0 aliphatic heterocycles. The van der Waals surface area contributed by atoms with E-state index in [0.29, 0.717) is 5.75 Å². The second kappa shape index (κ2) is 9.14. The molecule has 0 amide bonds. The van der Waals surface area contributed by atoms with E-state index in [1.54, 1.807) is 0 Å². The molecule has 0 saturated carbocycles. The van der Waals surface area contributed by atoms with Gasteiger partial charge in [-0.1, -0.05) is 23.7 Å². The molecule has 2 aromatic carbocycles. The van der Waals surface area contributed by atoms with Gasteiger partial charge in [0, 0.05) is 6.07 Å². The zero-order valence-electron chi connectivity index (χ0n) is 16.5. The van der Waals surface area contributed by atoms with Gasteiger partial charge in [-0.2, -0.15) is 13.2 Å². The molecule has 3 rings (SSSR count). The van der Waals surface area contributed by atoms with Gasteiger partial charge in [-0.25, -0.2) is 9.97 Å². The highest BCUT2D eigenvalue weighted by molar-refractivity contribution is 6.32. The molecule has 0 fully saturated rings. The first-order valence-electron chi connectivity index (χ1n) is 8.77. The number of rotatable bonds is 7. The number of methoxy groups -OCH3 is 2. The summed E-state index contributed by atoms with van der Waals surface area (Å²) in [6.07, 6.45) is -3.72. The largest absolute Gasteiger partial charge is 0.495 e. The second-order valence-electron chi connectivity index (χ2n) is 6.16. The SMILES string of the molecule is COc1cc(OC)c(Nc2ncnc(Nc3ccccc3C(F)(F)F)c2[N+](=O)[O-])cc1Cl. The van der Waals surface area contributed by atoms with E-state index < -0.39 is 33.9 Å². The minimum Gasteiger partial charge on any atom is -0.495 e. The highest BCUT2D eigenvalue weighted by Gasteiger charge is 2.34. The molecule has 13 heteroatoms. The van der Waals surface area contributed by atoms with Crippen LogP contribution in [0.25, 0.3) is 0 Å². The summed E-state index contributed by atoms with van der Waals surface area (Å²) in [5.41, 5.74) is -1.89. The predicted octanol–water partition coefficient (Wildman–Crippen LogP) is 5.56. The van der Waals surface area contributed by atoms with Crippen LogP contribution in [0, 0.1) is 10.1 Å². The standard InChI is InChI=1S/C19H15ClF3N5O4/c1-31-14-8-15(32-2)13(7-11(14)20)27-18-16(28(29)30)17(24-9-25-18)26-12-6-4-3-5-10(12)19(21,22)23/h3-9H,1-2H3,(H2,24,25,26,27). The summed E-state index contributed by atoms with van der Waals surface area (Å²) in [6, 6.07) is 7.39. The van der Waals surface area contributed by atoms with Crippen LogP contribution >= 0.6 is 11.6 Å². The zero-order chi connectivity index (χ0) is 23.5. The number of alkyl halides is 3. The van der Waals surface area contributed by atoms with Crippen molar-refractivity contribution in [3.63, 3.8) is 0 Å². The van der Waals surface area contributed by atoms with Crippen LogP contribution in [0.2, 0.25) is 5.02 Å². The number of benzene rings is 2. The average Bonchev–Trinajstić information content (AvgIpc) is 2.73. The second-order valence-corrected chi connectivity index (χ2v) is 6.56. The third-order valence-corrected chi connectivity index (χ3v) is 4.51. The Morgan fingerprint density at radius 3 is 2.16 bits per heavy atom. The maximum absolute atomic E-state index is 13.3. The average molecular weight is 470 g/mol. The summed E-state index contributed by atoms with van der Waals surface area (Å²) < 4.78 is 50.3. The van der Waals surface area contributed by atoms with Crippen molar-refractivity contribution < 1.29 is 27.6 Å². The van der Waals surface area contributed by atoms with Crippen LogP contribution in [-0.4, -0.2) is 29.1 Å². The molecule has 0 unspecified atom stereocenters. The lowest BCUT2D eigenvalue weighted by atomic mass is 10.1. The van der Waals surface area contributed by atoms with Gasteiger partial charge in [-0.15, -0.1) is 0 Å². The van der Waals surface area contributed by atoms with E-state index in [1.165, 1.54) is 38.5 Å². The van der Waals surface area contributed by atoms with Gasteiger partial charge in [0.2, 0.25) is 11.6 Å². The normalized spacial score (nSPS) is 11.1. The number of nitrogens with one attached hydrogen (secondary N) is 2. The Morgan fingerprint density at radius 1 is 1.00 bits per heavy atom. The zero-order valence-corrected chi connectivity index (χ0v) is 17.3. The van der Waals surface area contributed by atoms with Crippen molar-refractivity contribution in [1.82, 2.24) is 9.97 Å². The number of aromatic nitrogens is 2. The smallest absolute Gasteiger partial charge is 0.418 e. The van der Waals surface area contributed by atoms with Crippen molar-refractivity contribution >= 4 is 40.3 Å². The Hall–Kier alpha value is -3.80. The molecule has 0 aliphatic rings. The maximum atomic E-state index is 13.3. The molecule has 32 heavy (non-hydrogen) atoms. The summed E-state index contributed by atoms with van der Waals surface area (Å²) in [6.45, 7) is 0. The van der Waals surface area contributed by atoms with Gasteiger partial charge in [0.1, 0.15) is 17.8 Å². The van der Waals surface area contributed by atoms with Crippen LogP contribution in [-0.2, 0) is 6.18 Å². The fourth-order valence-electron chi connectivity index (χ4n) is 2.79. The highest BCUT2D eigenvalue weighted by atomic mass is 35.5. The van der Waals surface area contributed by atoms with Crippen LogP contribution < -0.4 is 20.1 Å². The lowest BCUT2D eigenvalue weighted by Gasteiger charge is -2.16. The van der Waals surface area contributed by atoms with Gasteiger partial charge in [0.15, 0.2) is 0 Å². The molecular weight excluding hydrogens is 455 g/mol. The summed E-state index contributed by atoms with van der Waals surface area (Å²) in [5, 5.41) is 17.1. The monoisotopic (exact) mass is 469 g/mol. The van der Waals surface area contributed by atoms with Gasteiger partial charge in [-0.3, -0.25) is 10.1 Å². The third kappa shape index (κ3) is 4.75. The van der Waals surface area contributed by atoms with E-state index in [2.05, 4.69) is 20.6 Å². The summed E-state index contributed by atoms with van der Waals surface area (Å²) >= 11 is 6.12. The first-order valence-corrected chi connectivity index (χ1v) is 9.14. The highest BCUT2D eigenvalue weighted by Crippen LogP contribution is 2.41. The Bertz CT molecular complexity index is 1160. The van der Waals surface area contributed by atoms with Crippen LogP contribution in [0.5, 0.6) is 11.5 Å². The fraction of sp³-hybridized carbons (Fsp3) is 0.158. The lowest BCUT2D eigenvalue weighted by molar-refractivity contribution is -0.383. The first-order chi connectivity index (χ1) is 15.2. The van der Waals surface area contributed by atoms with E-state index in [4.69, 9.17) is 21.1 Å². The minimum atomic E-state index is -4.68. The molecule has 0 saturated heterocycles. The van der Waals surface area contributed by atoms with Gasteiger partial charge in [-0.05, 0) is 18.2 Å². The van der Waals surface area contributed by atoms with Crippen molar-refractivity contribution in [3.05, 3.63) is 63.4 Å². The number of para-hydroxylation sites is 1. The molecule has 0 radical (unpaired) electrons. The van der Waals surface area contributed by atoms with Crippen LogP contribution in [0.4, 0.5) is 41.9 Å². The fourth-order valence-corrected chi connectivity index (χ4v) is 3.03. The van der Waals surface area contributed by atoms with Crippen molar-refractivity contribution in [2.24, 2.45) is 0 Å². The number of hydrogen-bond acceptors (Lipinski definition) is 8. The van der Waals surface area contributed by atoms with Crippen molar-refractivity contribution in [2.75, 3.05) is 24.9 Å². The molecule has 1 heterocycles. The number of hydrogen-bond donors (Lipinski definition) is 2. The minimum absolute atomic E-state index is 0.185. The molecule has 9 nitrogen and oxygen atoms in total. The van der Waals surface area contributed by atoms with E-state index in [1.807, 2.05) is 0 Å². The van der Waals surface area contributed by atoms with Crippen molar-refractivity contribution in [3.8, 4) is 11.5 Å². The molecule has 0 aliphatic carbocycles. The van der Waals surface area contributed by atoms with Crippen LogP contribution in [0.1, 0.15) is 5.56 Å². The number of ether oxygens (including phenoxy) is 2. The van der Waals surface area contributed by atoms with Gasteiger partial charge < -0.3 is 20.1 Å². The molecule has 168 valence electrons. The molecule has 0 atom stereocenters. The molecule has 0 spiro atoms. The number of nitro groups is 1. The van der Waals surface area contributed by atoms with E-state index >= 15 is 0 Å². The van der Waals surface area contributed by atoms with Crippen molar-refractivity contribution in [2.45, 2.75) is 6.18 Å². The van der Waals surface area contributed by atoms with Gasteiger partial charge in [0.05, 0.1) is 41.1 Å². The Kier molecular flexibility index (Phi) is 6.53. The quantitative estimate of drug-likeness (QED) is 0.341.